The third-order valence-electron chi connectivity index (χ3n) is 1.20. The van der Waals surface area contributed by atoms with E-state index in [4.69, 9.17) is 21.8 Å². The van der Waals surface area contributed by atoms with E-state index in [9.17, 15) is 4.79 Å². The molecule has 2 N–H and O–H groups in total. The lowest BCUT2D eigenvalue weighted by Gasteiger charge is -2.00. The lowest BCUT2D eigenvalue weighted by atomic mass is 10.2. The van der Waals surface area contributed by atoms with Crippen LogP contribution in [0, 0.1) is 0 Å². The molecule has 1 aromatic rings. The van der Waals surface area contributed by atoms with Gasteiger partial charge < -0.3 is 10.2 Å². The van der Waals surface area contributed by atoms with Crippen LogP contribution in [0.5, 0.6) is 0 Å². The van der Waals surface area contributed by atoms with Gasteiger partial charge in [0.05, 0.1) is 0 Å². The van der Waals surface area contributed by atoms with Gasteiger partial charge in [0.25, 0.3) is 0 Å². The Morgan fingerprint density at radius 3 is 2.92 bits per heavy atom. The fourth-order valence-corrected chi connectivity index (χ4v) is 1.67. The Hall–Kier alpha value is -0.650. The molecular weight excluding hydrogens is 202 g/mol. The number of hydrogen-bond donors (Lipinski definition) is 2. The van der Waals surface area contributed by atoms with Crippen LogP contribution in [-0.4, -0.2) is 27.3 Å². The highest BCUT2D eigenvalue weighted by Crippen LogP contribution is 2.18. The number of carboxylic acid groups (broad SMARTS) is 1. The number of aliphatic hydroxyl groups is 1. The van der Waals surface area contributed by atoms with Gasteiger partial charge in [-0.25, -0.2) is 9.78 Å². The Morgan fingerprint density at radius 2 is 2.50 bits per heavy atom. The normalized spacial score (nSPS) is 12.8. The summed E-state index contributed by atoms with van der Waals surface area (Å²) < 4.78 is 0.350. The van der Waals surface area contributed by atoms with Crippen LogP contribution >= 0.6 is 22.9 Å². The third-order valence-corrected chi connectivity index (χ3v) is 2.34. The molecular formula is C6H6ClNO3S. The molecule has 12 heavy (non-hydrogen) atoms. The zero-order valence-corrected chi connectivity index (χ0v) is 7.47. The Labute approximate surface area is 77.4 Å². The van der Waals surface area contributed by atoms with Crippen molar-refractivity contribution in [1.82, 2.24) is 4.98 Å². The fraction of sp³-hybridized carbons (Fsp3) is 0.333. The van der Waals surface area contributed by atoms with Gasteiger partial charge in [-0.1, -0.05) is 11.6 Å². The highest BCUT2D eigenvalue weighted by Gasteiger charge is 2.14. The molecule has 1 aromatic heterocycles. The highest BCUT2D eigenvalue weighted by atomic mass is 35.5. The summed E-state index contributed by atoms with van der Waals surface area (Å²) in [6, 6.07) is 0. The van der Waals surface area contributed by atoms with Crippen LogP contribution in [0.1, 0.15) is 4.88 Å². The predicted molar refractivity (Wildman–Crippen MR) is 44.5 cm³/mol. The van der Waals surface area contributed by atoms with Crippen molar-refractivity contribution < 1.29 is 15.0 Å². The Kier molecular flexibility index (Phi) is 3.02. The summed E-state index contributed by atoms with van der Waals surface area (Å²) in [6.45, 7) is 0. The quantitative estimate of drug-likeness (QED) is 0.769. The van der Waals surface area contributed by atoms with Crippen LogP contribution in [0.15, 0.2) is 6.20 Å². The van der Waals surface area contributed by atoms with Crippen molar-refractivity contribution in [2.45, 2.75) is 12.5 Å². The topological polar surface area (TPSA) is 70.4 Å². The van der Waals surface area contributed by atoms with Gasteiger partial charge in [-0.05, 0) is 0 Å². The van der Waals surface area contributed by atoms with Gasteiger partial charge in [0, 0.05) is 17.5 Å². The molecule has 4 nitrogen and oxygen atoms in total. The van der Waals surface area contributed by atoms with Crippen molar-refractivity contribution in [3.05, 3.63) is 15.5 Å². The highest BCUT2D eigenvalue weighted by molar-refractivity contribution is 7.15. The van der Waals surface area contributed by atoms with E-state index in [-0.39, 0.29) is 6.42 Å². The monoisotopic (exact) mass is 207 g/mol. The van der Waals surface area contributed by atoms with E-state index in [1.807, 2.05) is 0 Å². The van der Waals surface area contributed by atoms with Gasteiger partial charge in [-0.15, -0.1) is 11.3 Å². The lowest BCUT2D eigenvalue weighted by Crippen LogP contribution is -2.21. The first kappa shape index (κ1) is 9.44. The average molecular weight is 208 g/mol. The molecule has 0 fully saturated rings. The van der Waals surface area contributed by atoms with Crippen LogP contribution in [0.3, 0.4) is 0 Å². The number of hydrogen-bond acceptors (Lipinski definition) is 4. The molecule has 0 aliphatic heterocycles. The molecule has 66 valence electrons. The van der Waals surface area contributed by atoms with Crippen LogP contribution in [-0.2, 0) is 11.2 Å². The standard InChI is InChI=1S/C6H6ClNO3S/c7-6-8-2-3(12-6)1-4(9)5(10)11/h2,4,9H,1H2,(H,10,11). The molecule has 0 aromatic carbocycles. The van der Waals surface area contributed by atoms with E-state index in [1.54, 1.807) is 0 Å². The smallest absolute Gasteiger partial charge is 0.332 e. The first-order valence-electron chi connectivity index (χ1n) is 3.10. The minimum absolute atomic E-state index is 0.0553. The first-order chi connectivity index (χ1) is 5.59. The maximum Gasteiger partial charge on any atom is 0.332 e. The maximum atomic E-state index is 10.2. The number of aliphatic hydroxyl groups excluding tert-OH is 1. The van der Waals surface area contributed by atoms with Crippen molar-refractivity contribution in [2.75, 3.05) is 0 Å². The van der Waals surface area contributed by atoms with Crippen molar-refractivity contribution in [2.24, 2.45) is 0 Å². The summed E-state index contributed by atoms with van der Waals surface area (Å²) in [5.41, 5.74) is 0. The van der Waals surface area contributed by atoms with Crippen molar-refractivity contribution in [3.8, 4) is 0 Å². The van der Waals surface area contributed by atoms with Gasteiger partial charge in [-0.3, -0.25) is 0 Å². The van der Waals surface area contributed by atoms with Crippen LogP contribution in [0.2, 0.25) is 4.47 Å². The zero-order chi connectivity index (χ0) is 9.14. The molecule has 1 heterocycles. The second kappa shape index (κ2) is 3.84. The Balaban J connectivity index is 2.58. The molecule has 0 spiro atoms. The SMILES string of the molecule is O=C(O)C(O)Cc1cnc(Cl)s1. The molecule has 0 aliphatic carbocycles. The number of halogens is 1. The number of aliphatic carboxylic acids is 1. The minimum atomic E-state index is -1.37. The van der Waals surface area contributed by atoms with Crippen LogP contribution in [0.25, 0.3) is 0 Å². The summed E-state index contributed by atoms with van der Waals surface area (Å²) in [5.74, 6) is -1.24. The summed E-state index contributed by atoms with van der Waals surface area (Å²) in [5, 5.41) is 17.3. The van der Waals surface area contributed by atoms with Gasteiger partial charge in [0.1, 0.15) is 0 Å². The molecule has 0 saturated heterocycles. The van der Waals surface area contributed by atoms with E-state index < -0.39 is 12.1 Å². The molecule has 0 aliphatic rings. The predicted octanol–water partition coefficient (Wildman–Crippen LogP) is 0.785. The minimum Gasteiger partial charge on any atom is -0.479 e. The summed E-state index contributed by atoms with van der Waals surface area (Å²) in [7, 11) is 0. The molecule has 6 heteroatoms. The number of nitrogens with zero attached hydrogens (tertiary/aromatic N) is 1. The van der Waals surface area contributed by atoms with Gasteiger partial charge in [-0.2, -0.15) is 0 Å². The molecule has 0 saturated carbocycles. The number of carboxylic acids is 1. The van der Waals surface area contributed by atoms with E-state index in [0.29, 0.717) is 9.34 Å². The number of thiazole rings is 1. The third kappa shape index (κ3) is 2.44. The second-order valence-electron chi connectivity index (χ2n) is 2.14. The average Bonchev–Trinajstić information content (AvgIpc) is 2.35. The largest absolute Gasteiger partial charge is 0.479 e. The zero-order valence-electron chi connectivity index (χ0n) is 5.90. The molecule has 1 unspecified atom stereocenters. The van der Waals surface area contributed by atoms with Gasteiger partial charge >= 0.3 is 5.97 Å². The Morgan fingerprint density at radius 1 is 1.83 bits per heavy atom. The number of rotatable bonds is 3. The number of aromatic nitrogens is 1. The number of carbonyl (C=O) groups is 1. The second-order valence-corrected chi connectivity index (χ2v) is 3.84. The summed E-state index contributed by atoms with van der Waals surface area (Å²) >= 11 is 6.67. The Bertz CT molecular complexity index is 288. The van der Waals surface area contributed by atoms with Crippen LogP contribution in [0.4, 0.5) is 0 Å². The molecule has 1 atom stereocenters. The van der Waals surface area contributed by atoms with E-state index in [0.717, 1.165) is 11.3 Å². The molecule has 0 radical (unpaired) electrons. The van der Waals surface area contributed by atoms with Gasteiger partial charge in [0.2, 0.25) is 0 Å². The van der Waals surface area contributed by atoms with Crippen molar-refractivity contribution >= 4 is 28.9 Å². The van der Waals surface area contributed by atoms with Crippen molar-refractivity contribution in [3.63, 3.8) is 0 Å². The summed E-state index contributed by atoms with van der Waals surface area (Å²) in [6.07, 6.45) is 0.139. The maximum absolute atomic E-state index is 10.2. The van der Waals surface area contributed by atoms with Gasteiger partial charge in [0.15, 0.2) is 10.6 Å². The van der Waals surface area contributed by atoms with E-state index in [1.165, 1.54) is 6.20 Å². The fourth-order valence-electron chi connectivity index (χ4n) is 0.656. The summed E-state index contributed by atoms with van der Waals surface area (Å²) in [4.78, 5) is 14.6. The van der Waals surface area contributed by atoms with Crippen LogP contribution < -0.4 is 0 Å². The molecule has 0 amide bonds. The molecule has 1 rings (SSSR count). The lowest BCUT2D eigenvalue weighted by molar-refractivity contribution is -0.146. The van der Waals surface area contributed by atoms with E-state index in [2.05, 4.69) is 4.98 Å². The molecule has 0 bridgehead atoms. The van der Waals surface area contributed by atoms with E-state index >= 15 is 0 Å². The first-order valence-corrected chi connectivity index (χ1v) is 4.30. The van der Waals surface area contributed by atoms with Crippen molar-refractivity contribution in [1.29, 1.82) is 0 Å².